The number of hydrogen-bond acceptors (Lipinski definition) is 4. The van der Waals surface area contributed by atoms with E-state index in [2.05, 4.69) is 15.6 Å². The molecule has 2 N–H and O–H groups in total. The second-order valence-corrected chi connectivity index (χ2v) is 6.05. The third kappa shape index (κ3) is 3.71. The van der Waals surface area contributed by atoms with Gasteiger partial charge in [-0.25, -0.2) is 4.98 Å². The molecule has 2 aromatic rings. The number of carbonyl (C=O) groups is 2. The van der Waals surface area contributed by atoms with Crippen LogP contribution in [0.5, 0.6) is 0 Å². The fraction of sp³-hybridized carbons (Fsp3) is 0.312. The molecule has 0 fully saturated rings. The van der Waals surface area contributed by atoms with E-state index < -0.39 is 0 Å². The van der Waals surface area contributed by atoms with Crippen molar-refractivity contribution in [2.45, 2.75) is 19.8 Å². The lowest BCUT2D eigenvalue weighted by atomic mass is 10.1. The maximum Gasteiger partial charge on any atom is 0.263 e. The van der Waals surface area contributed by atoms with Crippen LogP contribution in [0.2, 0.25) is 0 Å². The lowest BCUT2D eigenvalue weighted by Gasteiger charge is -2.10. The molecule has 116 valence electrons. The Morgan fingerprint density at radius 3 is 2.55 bits per heavy atom. The Morgan fingerprint density at radius 1 is 1.23 bits per heavy atom. The van der Waals surface area contributed by atoms with Crippen LogP contribution in [-0.2, 0) is 0 Å². The summed E-state index contributed by atoms with van der Waals surface area (Å²) in [6.07, 6.45) is 0. The Hall–Kier alpha value is -2.21. The molecule has 5 nitrogen and oxygen atoms in total. The molecule has 0 bridgehead atoms. The van der Waals surface area contributed by atoms with Crippen LogP contribution >= 0.6 is 11.3 Å². The van der Waals surface area contributed by atoms with Gasteiger partial charge in [0.05, 0.1) is 10.7 Å². The second kappa shape index (κ2) is 7.17. The summed E-state index contributed by atoms with van der Waals surface area (Å²) in [5.41, 5.74) is 1.36. The van der Waals surface area contributed by atoms with Crippen molar-refractivity contribution in [3.05, 3.63) is 51.5 Å². The number of nitrogens with one attached hydrogen (secondary N) is 2. The van der Waals surface area contributed by atoms with Crippen molar-refractivity contribution in [3.8, 4) is 0 Å². The summed E-state index contributed by atoms with van der Waals surface area (Å²) in [7, 11) is 1.60. The van der Waals surface area contributed by atoms with Crippen molar-refractivity contribution >= 4 is 23.2 Å². The van der Waals surface area contributed by atoms with Gasteiger partial charge in [-0.2, -0.15) is 0 Å². The third-order valence-corrected chi connectivity index (χ3v) is 4.66. The van der Waals surface area contributed by atoms with Crippen LogP contribution in [0, 0.1) is 6.92 Å². The minimum Gasteiger partial charge on any atom is -0.354 e. The zero-order valence-electron chi connectivity index (χ0n) is 12.8. The van der Waals surface area contributed by atoms with Crippen molar-refractivity contribution in [2.75, 3.05) is 13.6 Å². The molecule has 0 saturated carbocycles. The van der Waals surface area contributed by atoms with Crippen LogP contribution in [0.1, 0.15) is 43.6 Å². The molecule has 6 heteroatoms. The molecule has 1 aromatic carbocycles. The first-order valence-electron chi connectivity index (χ1n) is 7.05. The van der Waals surface area contributed by atoms with E-state index in [-0.39, 0.29) is 17.7 Å². The van der Waals surface area contributed by atoms with Crippen LogP contribution < -0.4 is 10.6 Å². The Balaban J connectivity index is 1.99. The highest BCUT2D eigenvalue weighted by atomic mass is 32.1. The zero-order chi connectivity index (χ0) is 16.1. The lowest BCUT2D eigenvalue weighted by molar-refractivity contribution is 0.0948. The quantitative estimate of drug-likeness (QED) is 0.889. The summed E-state index contributed by atoms with van der Waals surface area (Å²) < 4.78 is 0. The summed E-state index contributed by atoms with van der Waals surface area (Å²) in [5, 5.41) is 6.36. The predicted molar refractivity (Wildman–Crippen MR) is 87.4 cm³/mol. The molecule has 2 rings (SSSR count). The first-order chi connectivity index (χ1) is 10.5. The van der Waals surface area contributed by atoms with E-state index in [1.54, 1.807) is 19.2 Å². The lowest BCUT2D eigenvalue weighted by Crippen LogP contribution is -2.27. The molecule has 0 spiro atoms. The van der Waals surface area contributed by atoms with Crippen LogP contribution in [0.3, 0.4) is 0 Å². The Morgan fingerprint density at radius 2 is 1.91 bits per heavy atom. The van der Waals surface area contributed by atoms with Gasteiger partial charge in [-0.1, -0.05) is 25.1 Å². The average molecular weight is 317 g/mol. The molecule has 0 aliphatic heterocycles. The van der Waals surface area contributed by atoms with Crippen molar-refractivity contribution < 1.29 is 9.59 Å². The number of rotatable bonds is 5. The van der Waals surface area contributed by atoms with Gasteiger partial charge < -0.3 is 10.6 Å². The number of aryl methyl sites for hydroxylation is 1. The molecule has 22 heavy (non-hydrogen) atoms. The van der Waals surface area contributed by atoms with Gasteiger partial charge in [0.25, 0.3) is 11.8 Å². The number of nitrogens with zero attached hydrogens (tertiary/aromatic N) is 1. The van der Waals surface area contributed by atoms with Gasteiger partial charge in [-0.05, 0) is 19.1 Å². The highest BCUT2D eigenvalue weighted by Crippen LogP contribution is 2.24. The van der Waals surface area contributed by atoms with Crippen molar-refractivity contribution in [1.29, 1.82) is 0 Å². The number of aromatic nitrogens is 1. The van der Waals surface area contributed by atoms with E-state index in [1.165, 1.54) is 11.3 Å². The molecule has 2 amide bonds. The maximum atomic E-state index is 12.0. The number of thiazole rings is 1. The largest absolute Gasteiger partial charge is 0.354 e. The SMILES string of the molecule is CNC(=O)c1sc([C@@H](C)CNC(=O)c2ccccc2)nc1C. The summed E-state index contributed by atoms with van der Waals surface area (Å²) in [6.45, 7) is 4.28. The molecule has 1 atom stereocenters. The summed E-state index contributed by atoms with van der Waals surface area (Å²) >= 11 is 1.37. The molecular formula is C16H19N3O2S. The molecule has 0 radical (unpaired) electrons. The van der Waals surface area contributed by atoms with Crippen molar-refractivity contribution in [3.63, 3.8) is 0 Å². The van der Waals surface area contributed by atoms with E-state index in [0.29, 0.717) is 17.0 Å². The van der Waals surface area contributed by atoms with Crippen LogP contribution in [0.25, 0.3) is 0 Å². The van der Waals surface area contributed by atoms with Crippen LogP contribution in [-0.4, -0.2) is 30.4 Å². The Bertz CT molecular complexity index is 667. The van der Waals surface area contributed by atoms with E-state index in [4.69, 9.17) is 0 Å². The third-order valence-electron chi connectivity index (χ3n) is 3.27. The summed E-state index contributed by atoms with van der Waals surface area (Å²) in [5.74, 6) is -0.177. The van der Waals surface area contributed by atoms with Crippen molar-refractivity contribution in [2.24, 2.45) is 0 Å². The number of carbonyl (C=O) groups excluding carboxylic acids is 2. The molecular weight excluding hydrogens is 298 g/mol. The smallest absolute Gasteiger partial charge is 0.263 e. The minimum absolute atomic E-state index is 0.0507. The average Bonchev–Trinajstić information content (AvgIpc) is 2.94. The standard InChI is InChI=1S/C16H19N3O2S/c1-10(9-18-14(20)12-7-5-4-6-8-12)16-19-11(2)13(22-16)15(21)17-3/h4-8,10H,9H2,1-3H3,(H,17,21)(H,18,20)/t10-/m0/s1. The van der Waals surface area contributed by atoms with Gasteiger partial charge in [0, 0.05) is 25.1 Å². The number of benzene rings is 1. The topological polar surface area (TPSA) is 71.1 Å². The summed E-state index contributed by atoms with van der Waals surface area (Å²) in [4.78, 5) is 28.8. The Labute approximate surface area is 133 Å². The molecule has 0 saturated heterocycles. The zero-order valence-corrected chi connectivity index (χ0v) is 13.7. The van der Waals surface area contributed by atoms with E-state index >= 15 is 0 Å². The molecule has 0 aliphatic carbocycles. The van der Waals surface area contributed by atoms with Gasteiger partial charge in [0.1, 0.15) is 4.88 Å². The van der Waals surface area contributed by atoms with Gasteiger partial charge in [0.2, 0.25) is 0 Å². The molecule has 1 aromatic heterocycles. The van der Waals surface area contributed by atoms with Gasteiger partial charge >= 0.3 is 0 Å². The van der Waals surface area contributed by atoms with E-state index in [1.807, 2.05) is 32.0 Å². The molecule has 0 aliphatic rings. The second-order valence-electron chi connectivity index (χ2n) is 5.02. The van der Waals surface area contributed by atoms with Crippen molar-refractivity contribution in [1.82, 2.24) is 15.6 Å². The summed E-state index contributed by atoms with van der Waals surface area (Å²) in [6, 6.07) is 9.09. The highest BCUT2D eigenvalue weighted by Gasteiger charge is 2.18. The normalized spacial score (nSPS) is 11.8. The highest BCUT2D eigenvalue weighted by molar-refractivity contribution is 7.13. The molecule has 1 heterocycles. The van der Waals surface area contributed by atoms with Crippen LogP contribution in [0.4, 0.5) is 0 Å². The fourth-order valence-corrected chi connectivity index (χ4v) is 3.04. The van der Waals surface area contributed by atoms with Gasteiger partial charge in [0.15, 0.2) is 0 Å². The van der Waals surface area contributed by atoms with Gasteiger partial charge in [-0.15, -0.1) is 11.3 Å². The monoisotopic (exact) mass is 317 g/mol. The van der Waals surface area contributed by atoms with E-state index in [0.717, 1.165) is 10.7 Å². The fourth-order valence-electron chi connectivity index (χ4n) is 1.98. The van der Waals surface area contributed by atoms with Gasteiger partial charge in [-0.3, -0.25) is 9.59 Å². The van der Waals surface area contributed by atoms with Crippen LogP contribution in [0.15, 0.2) is 30.3 Å². The number of amides is 2. The predicted octanol–water partition coefficient (Wildman–Crippen LogP) is 2.34. The number of hydrogen-bond donors (Lipinski definition) is 2. The first-order valence-corrected chi connectivity index (χ1v) is 7.87. The Kier molecular flexibility index (Phi) is 5.27. The maximum absolute atomic E-state index is 12.0. The first kappa shape index (κ1) is 16.2. The molecule has 0 unspecified atom stereocenters. The van der Waals surface area contributed by atoms with E-state index in [9.17, 15) is 9.59 Å². The minimum atomic E-state index is -0.123.